The first-order chi connectivity index (χ1) is 20.4. The van der Waals surface area contributed by atoms with Gasteiger partial charge in [-0.15, -0.1) is 0 Å². The Morgan fingerprint density at radius 3 is 2.47 bits per heavy atom. The number of hydroxylamine groups is 2. The van der Waals surface area contributed by atoms with Crippen molar-refractivity contribution in [1.29, 1.82) is 0 Å². The Morgan fingerprint density at radius 1 is 1.14 bits per heavy atom. The predicted octanol–water partition coefficient (Wildman–Crippen LogP) is 2.85. The lowest BCUT2D eigenvalue weighted by molar-refractivity contribution is -0.186. The number of aliphatic hydroxyl groups excluding tert-OH is 1. The number of hydrogen-bond donors (Lipinski definition) is 4. The third-order valence-corrected chi connectivity index (χ3v) is 13.3. The van der Waals surface area contributed by atoms with E-state index in [4.69, 9.17) is 21.0 Å². The van der Waals surface area contributed by atoms with Gasteiger partial charge in [-0.1, -0.05) is 27.2 Å². The molecule has 1 saturated heterocycles. The molecular formula is C34H63N5O4. The number of fused-ring (bicyclic) bond motifs is 2. The molecule has 1 amide bonds. The molecule has 9 nitrogen and oxygen atoms in total. The normalized spacial score (nSPS) is 45.5. The van der Waals surface area contributed by atoms with Crippen molar-refractivity contribution < 1.29 is 19.5 Å². The number of nitrogens with two attached hydrogens (primary N) is 2. The smallest absolute Gasteiger partial charge is 0.240 e. The summed E-state index contributed by atoms with van der Waals surface area (Å²) in [6, 6.07) is 0.144. The average Bonchev–Trinajstić information content (AvgIpc) is 3.36. The minimum Gasteiger partial charge on any atom is -0.393 e. The Morgan fingerprint density at radius 2 is 1.88 bits per heavy atom. The Bertz CT molecular complexity index is 948. The largest absolute Gasteiger partial charge is 0.393 e. The van der Waals surface area contributed by atoms with Gasteiger partial charge in [0.1, 0.15) is 6.04 Å². The molecule has 248 valence electrons. The van der Waals surface area contributed by atoms with Crippen molar-refractivity contribution in [3.05, 3.63) is 0 Å². The maximum absolute atomic E-state index is 14.2. The quantitative estimate of drug-likeness (QED) is 0.300. The van der Waals surface area contributed by atoms with Gasteiger partial charge in [-0.3, -0.25) is 9.63 Å². The summed E-state index contributed by atoms with van der Waals surface area (Å²) in [6.07, 6.45) is 8.18. The van der Waals surface area contributed by atoms with Crippen molar-refractivity contribution in [2.24, 2.45) is 64.2 Å². The zero-order valence-electron chi connectivity index (χ0n) is 28.1. The molecule has 0 aromatic carbocycles. The topological polar surface area (TPSA) is 126 Å². The van der Waals surface area contributed by atoms with E-state index in [1.165, 1.54) is 32.1 Å². The Balaban J connectivity index is 1.32. The van der Waals surface area contributed by atoms with Crippen molar-refractivity contribution >= 4 is 5.91 Å². The molecule has 0 radical (unpaired) electrons. The third-order valence-electron chi connectivity index (χ3n) is 13.3. The molecule has 2 bridgehead atoms. The number of nitrogens with one attached hydrogen (secondary N) is 1. The molecule has 14 atom stereocenters. The van der Waals surface area contributed by atoms with E-state index in [1.807, 2.05) is 12.2 Å². The summed E-state index contributed by atoms with van der Waals surface area (Å²) in [6.45, 7) is 10.5. The summed E-state index contributed by atoms with van der Waals surface area (Å²) in [5.74, 6) is 3.17. The Hall–Kier alpha value is -0.810. The number of aliphatic hydroxyl groups is 1. The number of amides is 1. The summed E-state index contributed by atoms with van der Waals surface area (Å²) in [4.78, 5) is 23.0. The first-order valence-corrected chi connectivity index (χ1v) is 17.4. The number of methoxy groups -OCH3 is 1. The average molecular weight is 606 g/mol. The van der Waals surface area contributed by atoms with Crippen molar-refractivity contribution in [3.8, 4) is 0 Å². The number of carbonyl (C=O) groups excluding carboxylic acids is 1. The molecular weight excluding hydrogens is 542 g/mol. The SMILES string of the molecule is COC1C(CN2O[C@@H](CN)[C@H]([C@H](C)O)[C@H]2C(=O)N[C@H]2C[C@H]3C[C@@H]([C@@H]2C)C3(C)C)CCCC1C1CC(CN)CC(N(C)C)C1. The van der Waals surface area contributed by atoms with Crippen LogP contribution in [-0.4, -0.2) is 98.3 Å². The zero-order chi connectivity index (χ0) is 31.2. The molecule has 1 aliphatic heterocycles. The fraction of sp³-hybridized carbons (Fsp3) is 0.971. The van der Waals surface area contributed by atoms with Gasteiger partial charge >= 0.3 is 0 Å². The van der Waals surface area contributed by atoms with Crippen molar-refractivity contribution in [2.45, 2.75) is 115 Å². The first-order valence-electron chi connectivity index (χ1n) is 17.4. The van der Waals surface area contributed by atoms with E-state index in [1.54, 1.807) is 6.92 Å². The number of nitrogens with zero attached hydrogens (tertiary/aromatic N) is 2. The van der Waals surface area contributed by atoms with E-state index in [9.17, 15) is 9.90 Å². The molecule has 43 heavy (non-hydrogen) atoms. The van der Waals surface area contributed by atoms with Crippen LogP contribution in [0.1, 0.15) is 79.1 Å². The van der Waals surface area contributed by atoms with E-state index in [-0.39, 0.29) is 36.4 Å². The van der Waals surface area contributed by atoms with Gasteiger partial charge in [-0.05, 0) is 113 Å². The van der Waals surface area contributed by atoms with E-state index in [0.29, 0.717) is 53.5 Å². The standard InChI is InChI=1S/C34H63N5O4/c1-19-27-14-24(34(27,3)4)15-28(19)37-33(41)31-30(20(2)40)29(17-36)43-39(31)18-22-9-8-10-26(32(22)42-7)23-11-21(16-35)12-25(13-23)38(5)6/h19-32,40H,8-18,35-36H2,1-7H3,(H,37,41)/t19-,20-,21?,22?,23?,24+,25?,26?,27-,28-,29-,30-,31-,32?/m0/s1. The molecule has 6 N–H and O–H groups in total. The van der Waals surface area contributed by atoms with Crippen LogP contribution >= 0.6 is 0 Å². The molecule has 0 aromatic rings. The van der Waals surface area contributed by atoms with Crippen LogP contribution in [0.3, 0.4) is 0 Å². The van der Waals surface area contributed by atoms with Gasteiger partial charge in [-0.25, -0.2) is 0 Å². The van der Waals surface area contributed by atoms with Crippen molar-refractivity contribution in [1.82, 2.24) is 15.3 Å². The predicted molar refractivity (Wildman–Crippen MR) is 170 cm³/mol. The van der Waals surface area contributed by atoms with Gasteiger partial charge in [-0.2, -0.15) is 5.06 Å². The van der Waals surface area contributed by atoms with Crippen LogP contribution in [0.5, 0.6) is 0 Å². The molecule has 0 aromatic heterocycles. The van der Waals surface area contributed by atoms with Crippen LogP contribution in [0.4, 0.5) is 0 Å². The third kappa shape index (κ3) is 6.43. The van der Waals surface area contributed by atoms with Crippen LogP contribution < -0.4 is 16.8 Å². The minimum atomic E-state index is -0.707. The van der Waals surface area contributed by atoms with E-state index >= 15 is 0 Å². The van der Waals surface area contributed by atoms with E-state index in [0.717, 1.165) is 25.8 Å². The van der Waals surface area contributed by atoms with Gasteiger partial charge in [0.2, 0.25) is 5.91 Å². The summed E-state index contributed by atoms with van der Waals surface area (Å²) >= 11 is 0. The number of carbonyl (C=O) groups is 1. The molecule has 6 fully saturated rings. The van der Waals surface area contributed by atoms with E-state index < -0.39 is 18.2 Å². The maximum Gasteiger partial charge on any atom is 0.240 e. The van der Waals surface area contributed by atoms with Crippen LogP contribution in [-0.2, 0) is 14.4 Å². The van der Waals surface area contributed by atoms with Crippen LogP contribution in [0.25, 0.3) is 0 Å². The highest BCUT2D eigenvalue weighted by atomic mass is 16.7. The van der Waals surface area contributed by atoms with Crippen molar-refractivity contribution in [2.75, 3.05) is 40.8 Å². The molecule has 6 rings (SSSR count). The minimum absolute atomic E-state index is 0.0222. The molecule has 5 aliphatic carbocycles. The summed E-state index contributed by atoms with van der Waals surface area (Å²) in [5.41, 5.74) is 12.8. The number of hydrogen-bond acceptors (Lipinski definition) is 8. The van der Waals surface area contributed by atoms with Crippen molar-refractivity contribution in [3.63, 3.8) is 0 Å². The maximum atomic E-state index is 14.2. The summed E-state index contributed by atoms with van der Waals surface area (Å²) in [5, 5.41) is 16.3. The highest BCUT2D eigenvalue weighted by Gasteiger charge is 2.57. The highest BCUT2D eigenvalue weighted by molar-refractivity contribution is 5.82. The molecule has 5 saturated carbocycles. The molecule has 6 unspecified atom stereocenters. The lowest BCUT2D eigenvalue weighted by Crippen LogP contribution is -2.62. The monoisotopic (exact) mass is 605 g/mol. The fourth-order valence-electron chi connectivity index (χ4n) is 10.6. The molecule has 6 aliphatic rings. The van der Waals surface area contributed by atoms with Gasteiger partial charge in [0, 0.05) is 44.1 Å². The van der Waals surface area contributed by atoms with Gasteiger partial charge in [0.05, 0.1) is 18.3 Å². The Kier molecular flexibility index (Phi) is 10.5. The highest BCUT2D eigenvalue weighted by Crippen LogP contribution is 2.61. The van der Waals surface area contributed by atoms with Crippen LogP contribution in [0.15, 0.2) is 0 Å². The second kappa shape index (κ2) is 13.5. The number of rotatable bonds is 10. The second-order valence-corrected chi connectivity index (χ2v) is 16.1. The summed E-state index contributed by atoms with van der Waals surface area (Å²) < 4.78 is 6.34. The van der Waals surface area contributed by atoms with E-state index in [2.05, 4.69) is 45.1 Å². The fourth-order valence-corrected chi connectivity index (χ4v) is 10.6. The van der Waals surface area contributed by atoms with Gasteiger partial charge in [0.25, 0.3) is 0 Å². The molecule has 1 heterocycles. The Labute approximate surface area is 261 Å². The van der Waals surface area contributed by atoms with Gasteiger partial charge < -0.3 is 31.5 Å². The zero-order valence-corrected chi connectivity index (χ0v) is 28.1. The van der Waals surface area contributed by atoms with Crippen LogP contribution in [0, 0.1) is 52.8 Å². The lowest BCUT2D eigenvalue weighted by Gasteiger charge is -2.62. The number of ether oxygens (including phenoxy) is 1. The second-order valence-electron chi connectivity index (χ2n) is 16.1. The molecule has 0 spiro atoms. The summed E-state index contributed by atoms with van der Waals surface area (Å²) in [7, 11) is 6.24. The van der Waals surface area contributed by atoms with Crippen LogP contribution in [0.2, 0.25) is 0 Å². The lowest BCUT2D eigenvalue weighted by atomic mass is 9.45. The molecule has 9 heteroatoms. The first kappa shape index (κ1) is 33.6. The van der Waals surface area contributed by atoms with Gasteiger partial charge in [0.15, 0.2) is 0 Å².